The number of hydrogen-bond acceptors (Lipinski definition) is 4. The van der Waals surface area contributed by atoms with E-state index in [1.807, 2.05) is 25.1 Å². The summed E-state index contributed by atoms with van der Waals surface area (Å²) in [5.41, 5.74) is 0.208. The number of amides is 1. The number of carbonyl (C=O) groups is 1. The highest BCUT2D eigenvalue weighted by molar-refractivity contribution is 5.85. The molecule has 0 unspecified atom stereocenters. The zero-order chi connectivity index (χ0) is 17.6. The van der Waals surface area contributed by atoms with Crippen LogP contribution < -0.4 is 14.8 Å². The van der Waals surface area contributed by atoms with Crippen LogP contribution >= 0.6 is 0 Å². The van der Waals surface area contributed by atoms with Gasteiger partial charge in [0.1, 0.15) is 5.41 Å². The van der Waals surface area contributed by atoms with E-state index in [9.17, 15) is 10.1 Å². The predicted molar refractivity (Wildman–Crippen MR) is 92.0 cm³/mol. The van der Waals surface area contributed by atoms with E-state index in [0.29, 0.717) is 30.8 Å². The smallest absolute Gasteiger partial charge is 0.240 e. The quantitative estimate of drug-likeness (QED) is 0.869. The number of carbonyl (C=O) groups excluding carboxylic acids is 1. The van der Waals surface area contributed by atoms with Crippen LogP contribution in [0.1, 0.15) is 44.6 Å². The molecule has 0 aromatic heterocycles. The Hall–Kier alpha value is -2.22. The van der Waals surface area contributed by atoms with Crippen molar-refractivity contribution in [3.8, 4) is 17.6 Å². The molecular formula is C19H26N2O3. The van der Waals surface area contributed by atoms with E-state index in [1.165, 1.54) is 0 Å². The molecule has 130 valence electrons. The van der Waals surface area contributed by atoms with Crippen molar-refractivity contribution in [3.63, 3.8) is 0 Å². The van der Waals surface area contributed by atoms with E-state index in [0.717, 1.165) is 24.8 Å². The second-order valence-electron chi connectivity index (χ2n) is 6.52. The third kappa shape index (κ3) is 4.00. The summed E-state index contributed by atoms with van der Waals surface area (Å²) in [5.74, 6) is 1.23. The molecule has 1 atom stereocenters. The van der Waals surface area contributed by atoms with Crippen molar-refractivity contribution in [3.05, 3.63) is 23.8 Å². The average molecular weight is 330 g/mol. The fourth-order valence-corrected chi connectivity index (χ4v) is 3.32. The van der Waals surface area contributed by atoms with Crippen molar-refractivity contribution in [2.75, 3.05) is 14.2 Å². The Morgan fingerprint density at radius 2 is 1.92 bits per heavy atom. The number of ether oxygens (including phenoxy) is 2. The van der Waals surface area contributed by atoms with Crippen LogP contribution in [0.15, 0.2) is 18.2 Å². The van der Waals surface area contributed by atoms with Crippen molar-refractivity contribution >= 4 is 5.91 Å². The molecule has 1 aliphatic carbocycles. The second kappa shape index (κ2) is 8.05. The van der Waals surface area contributed by atoms with Gasteiger partial charge in [0.25, 0.3) is 0 Å². The first-order chi connectivity index (χ1) is 11.5. The lowest BCUT2D eigenvalue weighted by Crippen LogP contribution is -2.45. The highest BCUT2D eigenvalue weighted by atomic mass is 16.5. The molecule has 2 rings (SSSR count). The van der Waals surface area contributed by atoms with Crippen LogP contribution in [0.2, 0.25) is 0 Å². The zero-order valence-corrected chi connectivity index (χ0v) is 14.7. The van der Waals surface area contributed by atoms with Crippen molar-refractivity contribution in [1.82, 2.24) is 5.32 Å². The fourth-order valence-electron chi connectivity index (χ4n) is 3.32. The molecule has 1 N–H and O–H groups in total. The molecule has 0 radical (unpaired) electrons. The van der Waals surface area contributed by atoms with Crippen LogP contribution in [0, 0.1) is 16.7 Å². The largest absolute Gasteiger partial charge is 0.493 e. The van der Waals surface area contributed by atoms with Gasteiger partial charge in [-0.3, -0.25) is 4.79 Å². The van der Waals surface area contributed by atoms with Crippen LogP contribution in [0.3, 0.4) is 0 Å². The molecule has 0 bridgehead atoms. The summed E-state index contributed by atoms with van der Waals surface area (Å²) in [6, 6.07) is 7.96. The standard InChI is InChI=1S/C19H26N2O3/c1-14(11-15-7-8-16(23-2)17(12-15)24-3)21-18(22)19(13-20)9-5-4-6-10-19/h7-8,12,14H,4-6,9-11H2,1-3H3,(H,21,22)/t14-/m1/s1. The lowest BCUT2D eigenvalue weighted by Gasteiger charge is -2.30. The zero-order valence-electron chi connectivity index (χ0n) is 14.7. The number of nitriles is 1. The lowest BCUT2D eigenvalue weighted by atomic mass is 9.74. The van der Waals surface area contributed by atoms with E-state index >= 15 is 0 Å². The Balaban J connectivity index is 2.01. The van der Waals surface area contributed by atoms with Crippen molar-refractivity contribution < 1.29 is 14.3 Å². The third-order valence-electron chi connectivity index (χ3n) is 4.72. The van der Waals surface area contributed by atoms with Crippen molar-refractivity contribution in [1.29, 1.82) is 5.26 Å². The lowest BCUT2D eigenvalue weighted by molar-refractivity contribution is -0.130. The maximum atomic E-state index is 12.6. The van der Waals surface area contributed by atoms with E-state index < -0.39 is 5.41 Å². The van der Waals surface area contributed by atoms with Gasteiger partial charge in [0.2, 0.25) is 5.91 Å². The summed E-state index contributed by atoms with van der Waals surface area (Å²) < 4.78 is 10.5. The van der Waals surface area contributed by atoms with Gasteiger partial charge < -0.3 is 14.8 Å². The third-order valence-corrected chi connectivity index (χ3v) is 4.72. The van der Waals surface area contributed by atoms with Crippen LogP contribution in [0.4, 0.5) is 0 Å². The monoisotopic (exact) mass is 330 g/mol. The Morgan fingerprint density at radius 1 is 1.25 bits per heavy atom. The van der Waals surface area contributed by atoms with Crippen molar-refractivity contribution in [2.45, 2.75) is 51.5 Å². The molecule has 1 aromatic carbocycles. The summed E-state index contributed by atoms with van der Waals surface area (Å²) in [7, 11) is 3.21. The van der Waals surface area contributed by atoms with Gasteiger partial charge in [0, 0.05) is 6.04 Å². The average Bonchev–Trinajstić information content (AvgIpc) is 2.61. The van der Waals surface area contributed by atoms with Gasteiger partial charge >= 0.3 is 0 Å². The maximum absolute atomic E-state index is 12.6. The van der Waals surface area contributed by atoms with Gasteiger partial charge in [-0.15, -0.1) is 0 Å². The van der Waals surface area contributed by atoms with Gasteiger partial charge in [-0.2, -0.15) is 5.26 Å². The summed E-state index contributed by atoms with van der Waals surface area (Å²) in [4.78, 5) is 12.6. The van der Waals surface area contributed by atoms with E-state index in [4.69, 9.17) is 9.47 Å². The van der Waals surface area contributed by atoms with E-state index in [-0.39, 0.29) is 11.9 Å². The minimum atomic E-state index is -0.843. The first-order valence-electron chi connectivity index (χ1n) is 8.48. The van der Waals surface area contributed by atoms with Crippen molar-refractivity contribution in [2.24, 2.45) is 5.41 Å². The Labute approximate surface area is 144 Å². The van der Waals surface area contributed by atoms with Crippen LogP contribution in [-0.2, 0) is 11.2 Å². The number of benzene rings is 1. The molecule has 1 fully saturated rings. The van der Waals surface area contributed by atoms with E-state index in [2.05, 4.69) is 11.4 Å². The number of hydrogen-bond donors (Lipinski definition) is 1. The number of nitrogens with zero attached hydrogens (tertiary/aromatic N) is 1. The Morgan fingerprint density at radius 3 is 2.50 bits per heavy atom. The SMILES string of the molecule is COc1ccc(C[C@@H](C)NC(=O)C2(C#N)CCCCC2)cc1OC. The van der Waals surface area contributed by atoms with Gasteiger partial charge in [0.15, 0.2) is 11.5 Å². The number of rotatable bonds is 6. The first kappa shape index (κ1) is 18.1. The Kier molecular flexibility index (Phi) is 6.08. The first-order valence-corrected chi connectivity index (χ1v) is 8.48. The molecule has 0 aliphatic heterocycles. The van der Waals surface area contributed by atoms with E-state index in [1.54, 1.807) is 14.2 Å². The molecule has 0 heterocycles. The highest BCUT2D eigenvalue weighted by Crippen LogP contribution is 2.36. The summed E-state index contributed by atoms with van der Waals surface area (Å²) >= 11 is 0. The summed E-state index contributed by atoms with van der Waals surface area (Å²) in [5, 5.41) is 12.5. The van der Waals surface area contributed by atoms with Crippen LogP contribution in [0.25, 0.3) is 0 Å². The molecule has 24 heavy (non-hydrogen) atoms. The molecule has 1 amide bonds. The molecule has 1 aromatic rings. The predicted octanol–water partition coefficient (Wildman–Crippen LogP) is 3.23. The molecule has 1 saturated carbocycles. The van der Waals surface area contributed by atoms with Gasteiger partial charge in [-0.1, -0.05) is 25.3 Å². The highest BCUT2D eigenvalue weighted by Gasteiger charge is 2.40. The molecule has 5 heteroatoms. The summed E-state index contributed by atoms with van der Waals surface area (Å²) in [6.45, 7) is 1.96. The molecule has 5 nitrogen and oxygen atoms in total. The van der Waals surface area contributed by atoms with Gasteiger partial charge in [-0.25, -0.2) is 0 Å². The van der Waals surface area contributed by atoms with Gasteiger partial charge in [0.05, 0.1) is 20.3 Å². The topological polar surface area (TPSA) is 71.3 Å². The second-order valence-corrected chi connectivity index (χ2v) is 6.52. The molecule has 1 aliphatic rings. The maximum Gasteiger partial charge on any atom is 0.240 e. The molecular weight excluding hydrogens is 304 g/mol. The minimum Gasteiger partial charge on any atom is -0.493 e. The van der Waals surface area contributed by atoms with Crippen LogP contribution in [0.5, 0.6) is 11.5 Å². The number of methoxy groups -OCH3 is 2. The summed E-state index contributed by atoms with van der Waals surface area (Å²) in [6.07, 6.45) is 5.01. The molecule has 0 saturated heterocycles. The molecule has 0 spiro atoms. The Bertz CT molecular complexity index is 616. The minimum absolute atomic E-state index is 0.0530. The van der Waals surface area contributed by atoms with Crippen LogP contribution in [-0.4, -0.2) is 26.2 Å². The normalized spacial score (nSPS) is 17.4. The van der Waals surface area contributed by atoms with Gasteiger partial charge in [-0.05, 0) is 43.9 Å². The fraction of sp³-hybridized carbons (Fsp3) is 0.579. The number of nitrogens with one attached hydrogen (secondary N) is 1.